The maximum absolute atomic E-state index is 13.2. The maximum Gasteiger partial charge on any atom is 0.416 e. The highest BCUT2D eigenvalue weighted by molar-refractivity contribution is 5.27. The van der Waals surface area contributed by atoms with Gasteiger partial charge in [-0.25, -0.2) is 4.39 Å². The standard InChI is InChI=1S/C11H13F4NO/c1-17-5-4-16-7-8-6-9(11(13,14)15)2-3-10(8)12/h2-3,6,16H,4-5,7H2,1H3. The lowest BCUT2D eigenvalue weighted by atomic mass is 10.1. The largest absolute Gasteiger partial charge is 0.416 e. The molecule has 0 saturated heterocycles. The van der Waals surface area contributed by atoms with Crippen LogP contribution in [0.4, 0.5) is 17.6 Å². The Morgan fingerprint density at radius 1 is 1.29 bits per heavy atom. The fraction of sp³-hybridized carbons (Fsp3) is 0.455. The molecule has 0 amide bonds. The molecule has 0 aromatic heterocycles. The number of alkyl halides is 3. The SMILES string of the molecule is COCCNCc1cc(C(F)(F)F)ccc1F. The van der Waals surface area contributed by atoms with Gasteiger partial charge in [0.15, 0.2) is 0 Å². The summed E-state index contributed by atoms with van der Waals surface area (Å²) in [5, 5.41) is 2.79. The zero-order chi connectivity index (χ0) is 12.9. The van der Waals surface area contributed by atoms with Crippen LogP contribution in [0.2, 0.25) is 0 Å². The van der Waals surface area contributed by atoms with Crippen LogP contribution in [0.25, 0.3) is 0 Å². The Bertz CT molecular complexity index is 365. The van der Waals surface area contributed by atoms with Gasteiger partial charge in [0.2, 0.25) is 0 Å². The number of nitrogens with one attached hydrogen (secondary N) is 1. The second-order valence-electron chi connectivity index (χ2n) is 3.47. The monoisotopic (exact) mass is 251 g/mol. The molecule has 0 aliphatic heterocycles. The van der Waals surface area contributed by atoms with Crippen molar-refractivity contribution in [3.05, 3.63) is 35.1 Å². The summed E-state index contributed by atoms with van der Waals surface area (Å²) in [6, 6.07) is 2.37. The van der Waals surface area contributed by atoms with Gasteiger partial charge in [-0.15, -0.1) is 0 Å². The van der Waals surface area contributed by atoms with Gasteiger partial charge >= 0.3 is 6.18 Å². The lowest BCUT2D eigenvalue weighted by Crippen LogP contribution is -2.19. The highest BCUT2D eigenvalue weighted by Crippen LogP contribution is 2.30. The van der Waals surface area contributed by atoms with Gasteiger partial charge in [-0.2, -0.15) is 13.2 Å². The first-order valence-electron chi connectivity index (χ1n) is 5.00. The Kier molecular flexibility index (Phi) is 4.89. The predicted octanol–water partition coefficient (Wildman–Crippen LogP) is 2.58. The normalized spacial score (nSPS) is 11.8. The van der Waals surface area contributed by atoms with E-state index in [2.05, 4.69) is 5.32 Å². The van der Waals surface area contributed by atoms with Gasteiger partial charge in [0.05, 0.1) is 12.2 Å². The first kappa shape index (κ1) is 13.9. The van der Waals surface area contributed by atoms with Crippen molar-refractivity contribution >= 4 is 0 Å². The van der Waals surface area contributed by atoms with Gasteiger partial charge in [-0.3, -0.25) is 0 Å². The van der Waals surface area contributed by atoms with Gasteiger partial charge < -0.3 is 10.1 Å². The molecule has 0 spiro atoms. The molecule has 0 unspecified atom stereocenters. The van der Waals surface area contributed by atoms with E-state index in [0.717, 1.165) is 18.2 Å². The summed E-state index contributed by atoms with van der Waals surface area (Å²) in [4.78, 5) is 0. The van der Waals surface area contributed by atoms with Crippen LogP contribution >= 0.6 is 0 Å². The van der Waals surface area contributed by atoms with Crippen LogP contribution in [-0.4, -0.2) is 20.3 Å². The predicted molar refractivity (Wildman–Crippen MR) is 55.0 cm³/mol. The third-order valence-corrected chi connectivity index (χ3v) is 2.17. The molecule has 0 atom stereocenters. The number of methoxy groups -OCH3 is 1. The summed E-state index contributed by atoms with van der Waals surface area (Å²) in [6.45, 7) is 0.909. The summed E-state index contributed by atoms with van der Waals surface area (Å²) in [7, 11) is 1.51. The summed E-state index contributed by atoms with van der Waals surface area (Å²) in [5.74, 6) is -0.650. The van der Waals surface area contributed by atoms with Crippen molar-refractivity contribution < 1.29 is 22.3 Å². The molecule has 96 valence electrons. The third-order valence-electron chi connectivity index (χ3n) is 2.17. The molecule has 1 aromatic rings. The average molecular weight is 251 g/mol. The van der Waals surface area contributed by atoms with E-state index in [1.807, 2.05) is 0 Å². The van der Waals surface area contributed by atoms with E-state index in [9.17, 15) is 17.6 Å². The highest BCUT2D eigenvalue weighted by Gasteiger charge is 2.30. The second kappa shape index (κ2) is 5.97. The van der Waals surface area contributed by atoms with E-state index < -0.39 is 17.6 Å². The molecule has 6 heteroatoms. The molecule has 1 N–H and O–H groups in total. The van der Waals surface area contributed by atoms with Crippen molar-refractivity contribution in [3.8, 4) is 0 Å². The summed E-state index contributed by atoms with van der Waals surface area (Å²) < 4.78 is 55.1. The molecule has 0 aliphatic rings. The minimum Gasteiger partial charge on any atom is -0.383 e. The van der Waals surface area contributed by atoms with Crippen molar-refractivity contribution in [2.24, 2.45) is 0 Å². The van der Waals surface area contributed by atoms with Crippen LogP contribution in [-0.2, 0) is 17.5 Å². The van der Waals surface area contributed by atoms with E-state index in [1.165, 1.54) is 7.11 Å². The Balaban J connectivity index is 2.70. The summed E-state index contributed by atoms with van der Waals surface area (Å²) in [5.41, 5.74) is -0.849. The molecule has 1 rings (SSSR count). The third kappa shape index (κ3) is 4.32. The van der Waals surface area contributed by atoms with Gasteiger partial charge in [0.1, 0.15) is 5.82 Å². The minimum absolute atomic E-state index is 0.00377. The smallest absolute Gasteiger partial charge is 0.383 e. The Labute approximate surface area is 96.6 Å². The van der Waals surface area contributed by atoms with Crippen molar-refractivity contribution in [1.82, 2.24) is 5.32 Å². The second-order valence-corrected chi connectivity index (χ2v) is 3.47. The highest BCUT2D eigenvalue weighted by atomic mass is 19.4. The lowest BCUT2D eigenvalue weighted by Gasteiger charge is -2.10. The molecule has 0 aliphatic carbocycles. The molecular weight excluding hydrogens is 238 g/mol. The minimum atomic E-state index is -4.45. The van der Waals surface area contributed by atoms with Gasteiger partial charge in [0.25, 0.3) is 0 Å². The lowest BCUT2D eigenvalue weighted by molar-refractivity contribution is -0.137. The molecule has 0 bridgehead atoms. The molecule has 0 fully saturated rings. The van der Waals surface area contributed by atoms with Crippen molar-refractivity contribution in [2.75, 3.05) is 20.3 Å². The van der Waals surface area contributed by atoms with Crippen molar-refractivity contribution in [2.45, 2.75) is 12.7 Å². The van der Waals surface area contributed by atoms with Crippen molar-refractivity contribution in [3.63, 3.8) is 0 Å². The fourth-order valence-corrected chi connectivity index (χ4v) is 1.28. The summed E-state index contributed by atoms with van der Waals surface area (Å²) >= 11 is 0. The van der Waals surface area contributed by atoms with Gasteiger partial charge in [-0.1, -0.05) is 0 Å². The Morgan fingerprint density at radius 3 is 2.59 bits per heavy atom. The first-order valence-corrected chi connectivity index (χ1v) is 5.00. The molecule has 0 heterocycles. The van der Waals surface area contributed by atoms with Crippen LogP contribution in [0.1, 0.15) is 11.1 Å². The maximum atomic E-state index is 13.2. The molecule has 1 aromatic carbocycles. The van der Waals surface area contributed by atoms with Gasteiger partial charge in [0, 0.05) is 25.8 Å². The number of ether oxygens (including phenoxy) is 1. The van der Waals surface area contributed by atoms with E-state index >= 15 is 0 Å². The Morgan fingerprint density at radius 2 is 2.00 bits per heavy atom. The van der Waals surface area contributed by atoms with Crippen LogP contribution in [0.5, 0.6) is 0 Å². The fourth-order valence-electron chi connectivity index (χ4n) is 1.28. The number of rotatable bonds is 5. The van der Waals surface area contributed by atoms with Crippen LogP contribution < -0.4 is 5.32 Å². The van der Waals surface area contributed by atoms with E-state index in [0.29, 0.717) is 13.2 Å². The van der Waals surface area contributed by atoms with Crippen LogP contribution in [0.15, 0.2) is 18.2 Å². The van der Waals surface area contributed by atoms with Gasteiger partial charge in [-0.05, 0) is 18.2 Å². The number of halogens is 4. The number of hydrogen-bond donors (Lipinski definition) is 1. The zero-order valence-electron chi connectivity index (χ0n) is 9.27. The van der Waals surface area contributed by atoms with E-state index in [1.54, 1.807) is 0 Å². The molecule has 0 radical (unpaired) electrons. The number of hydrogen-bond acceptors (Lipinski definition) is 2. The molecule has 0 saturated carbocycles. The topological polar surface area (TPSA) is 21.3 Å². The molecule has 2 nitrogen and oxygen atoms in total. The average Bonchev–Trinajstić information content (AvgIpc) is 2.25. The Hall–Kier alpha value is -1.14. The summed E-state index contributed by atoms with van der Waals surface area (Å²) in [6.07, 6.45) is -4.45. The first-order chi connectivity index (χ1) is 7.95. The van der Waals surface area contributed by atoms with E-state index in [4.69, 9.17) is 4.74 Å². The van der Waals surface area contributed by atoms with Crippen LogP contribution in [0, 0.1) is 5.82 Å². The molecule has 17 heavy (non-hydrogen) atoms. The van der Waals surface area contributed by atoms with Crippen LogP contribution in [0.3, 0.4) is 0 Å². The number of benzene rings is 1. The zero-order valence-corrected chi connectivity index (χ0v) is 9.27. The van der Waals surface area contributed by atoms with Crippen molar-refractivity contribution in [1.29, 1.82) is 0 Å². The molecular formula is C11H13F4NO. The quantitative estimate of drug-likeness (QED) is 0.641. The van der Waals surface area contributed by atoms with E-state index in [-0.39, 0.29) is 12.1 Å².